The number of benzene rings is 2. The van der Waals surface area contributed by atoms with Crippen molar-refractivity contribution >= 4 is 34.6 Å². The van der Waals surface area contributed by atoms with Crippen molar-refractivity contribution < 1.29 is 18.7 Å². The highest BCUT2D eigenvalue weighted by atomic mass is 16.5. The van der Waals surface area contributed by atoms with E-state index in [1.807, 2.05) is 67.5 Å². The summed E-state index contributed by atoms with van der Waals surface area (Å²) in [6.45, 7) is 1.28. The maximum atomic E-state index is 12.2. The third kappa shape index (κ3) is 5.52. The fraction of sp³-hybridized carbons (Fsp3) is 0.208. The highest BCUT2D eigenvalue weighted by Gasteiger charge is 2.17. The van der Waals surface area contributed by atoms with Crippen molar-refractivity contribution in [1.29, 1.82) is 5.26 Å². The number of carbonyl (C=O) groups excluding carboxylic acids is 2. The molecule has 0 aliphatic rings. The molecule has 1 atom stereocenters. The zero-order chi connectivity index (χ0) is 22.4. The van der Waals surface area contributed by atoms with Crippen molar-refractivity contribution in [2.75, 3.05) is 25.6 Å². The second-order valence-electron chi connectivity index (χ2n) is 7.21. The molecule has 31 heavy (non-hydrogen) atoms. The molecule has 1 heterocycles. The molecule has 1 N–H and O–H groups in total. The minimum absolute atomic E-state index is 0.185. The number of nitrogens with zero attached hydrogens (tertiary/aromatic N) is 2. The minimum Gasteiger partial charge on any atom is -0.459 e. The maximum absolute atomic E-state index is 12.2. The van der Waals surface area contributed by atoms with Gasteiger partial charge in [0.05, 0.1) is 6.04 Å². The van der Waals surface area contributed by atoms with Crippen LogP contribution in [0.5, 0.6) is 0 Å². The lowest BCUT2D eigenvalue weighted by Crippen LogP contribution is -2.31. The summed E-state index contributed by atoms with van der Waals surface area (Å²) >= 11 is 0. The van der Waals surface area contributed by atoms with Gasteiger partial charge in [0.2, 0.25) is 0 Å². The molecule has 7 nitrogen and oxygen atoms in total. The van der Waals surface area contributed by atoms with E-state index in [4.69, 9.17) is 9.15 Å². The number of fused-ring (bicyclic) bond motifs is 1. The van der Waals surface area contributed by atoms with Gasteiger partial charge in [-0.2, -0.15) is 5.26 Å². The van der Waals surface area contributed by atoms with Crippen molar-refractivity contribution in [1.82, 2.24) is 5.32 Å². The van der Waals surface area contributed by atoms with Crippen LogP contribution in [-0.4, -0.2) is 32.6 Å². The van der Waals surface area contributed by atoms with Crippen LogP contribution in [0.4, 0.5) is 5.69 Å². The topological polar surface area (TPSA) is 95.6 Å². The predicted molar refractivity (Wildman–Crippen MR) is 118 cm³/mol. The number of nitriles is 1. The fourth-order valence-corrected chi connectivity index (χ4v) is 2.95. The van der Waals surface area contributed by atoms with Crippen molar-refractivity contribution in [3.63, 3.8) is 0 Å². The van der Waals surface area contributed by atoms with Crippen molar-refractivity contribution in [3.05, 3.63) is 71.5 Å². The quantitative estimate of drug-likeness (QED) is 0.357. The first-order valence-corrected chi connectivity index (χ1v) is 9.71. The Morgan fingerprint density at radius 3 is 2.55 bits per heavy atom. The number of carbonyl (C=O) groups is 2. The molecule has 3 aromatic rings. The van der Waals surface area contributed by atoms with Crippen LogP contribution in [0.15, 0.2) is 64.6 Å². The monoisotopic (exact) mass is 417 g/mol. The number of furan rings is 1. The molecule has 7 heteroatoms. The summed E-state index contributed by atoms with van der Waals surface area (Å²) in [5, 5.41) is 12.9. The van der Waals surface area contributed by atoms with Gasteiger partial charge in [0, 0.05) is 25.2 Å². The molecule has 1 amide bonds. The Balaban J connectivity index is 1.56. The first kappa shape index (κ1) is 21.7. The Bertz CT molecular complexity index is 1120. The summed E-state index contributed by atoms with van der Waals surface area (Å²) in [7, 11) is 3.84. The molecule has 0 saturated carbocycles. The van der Waals surface area contributed by atoms with E-state index in [2.05, 4.69) is 5.32 Å². The van der Waals surface area contributed by atoms with Gasteiger partial charge in [0.15, 0.2) is 6.61 Å². The molecule has 0 aliphatic carbocycles. The van der Waals surface area contributed by atoms with Gasteiger partial charge in [-0.3, -0.25) is 4.79 Å². The van der Waals surface area contributed by atoms with Gasteiger partial charge in [-0.1, -0.05) is 30.3 Å². The number of hydrogen-bond donors (Lipinski definition) is 1. The molecular formula is C24H23N3O4. The zero-order valence-electron chi connectivity index (χ0n) is 17.6. The molecule has 0 spiro atoms. The highest BCUT2D eigenvalue weighted by Crippen LogP contribution is 2.23. The Labute approximate surface area is 180 Å². The average molecular weight is 417 g/mol. The van der Waals surface area contributed by atoms with E-state index in [9.17, 15) is 14.9 Å². The Hall–Kier alpha value is -4.05. The molecule has 2 aromatic carbocycles. The van der Waals surface area contributed by atoms with E-state index in [0.29, 0.717) is 11.3 Å². The number of hydrogen-bond acceptors (Lipinski definition) is 6. The number of esters is 1. The van der Waals surface area contributed by atoms with Crippen LogP contribution in [0.1, 0.15) is 24.3 Å². The first-order valence-electron chi connectivity index (χ1n) is 9.71. The van der Waals surface area contributed by atoms with Crippen molar-refractivity contribution in [2.24, 2.45) is 0 Å². The summed E-state index contributed by atoms with van der Waals surface area (Å²) in [5.74, 6) is -0.751. The van der Waals surface area contributed by atoms with Crippen LogP contribution in [-0.2, 0) is 14.3 Å². The first-order chi connectivity index (χ1) is 14.9. The van der Waals surface area contributed by atoms with E-state index in [1.54, 1.807) is 19.1 Å². The molecule has 3 rings (SSSR count). The maximum Gasteiger partial charge on any atom is 0.349 e. The summed E-state index contributed by atoms with van der Waals surface area (Å²) in [6.07, 6.45) is 1.43. The van der Waals surface area contributed by atoms with E-state index in [-0.39, 0.29) is 5.57 Å². The van der Waals surface area contributed by atoms with Gasteiger partial charge in [-0.25, -0.2) is 4.79 Å². The largest absolute Gasteiger partial charge is 0.459 e. The van der Waals surface area contributed by atoms with E-state index >= 15 is 0 Å². The number of amides is 1. The van der Waals surface area contributed by atoms with Gasteiger partial charge in [-0.05, 0) is 42.8 Å². The zero-order valence-corrected chi connectivity index (χ0v) is 17.6. The number of nitrogens with one attached hydrogen (secondary N) is 1. The molecule has 0 aliphatic heterocycles. The molecule has 0 unspecified atom stereocenters. The average Bonchev–Trinajstić information content (AvgIpc) is 3.20. The lowest BCUT2D eigenvalue weighted by Gasteiger charge is -2.12. The van der Waals surface area contributed by atoms with E-state index in [1.165, 1.54) is 6.08 Å². The van der Waals surface area contributed by atoms with Gasteiger partial charge < -0.3 is 19.4 Å². The molecule has 0 fully saturated rings. The number of ether oxygens (including phenoxy) is 1. The molecule has 0 radical (unpaired) electrons. The smallest absolute Gasteiger partial charge is 0.349 e. The third-order valence-electron chi connectivity index (χ3n) is 4.64. The molecule has 0 saturated heterocycles. The number of rotatable bonds is 7. The lowest BCUT2D eigenvalue weighted by molar-refractivity contribution is -0.144. The minimum atomic E-state index is -0.856. The predicted octanol–water partition coefficient (Wildman–Crippen LogP) is 3.83. The van der Waals surface area contributed by atoms with Crippen LogP contribution in [0.25, 0.3) is 17.0 Å². The molecule has 1 aromatic heterocycles. The van der Waals surface area contributed by atoms with Gasteiger partial charge in [-0.15, -0.1) is 0 Å². The molecular weight excluding hydrogens is 394 g/mol. The molecule has 0 bridgehead atoms. The van der Waals surface area contributed by atoms with Crippen LogP contribution in [0, 0.1) is 11.3 Å². The summed E-state index contributed by atoms with van der Waals surface area (Å²) in [6, 6.07) is 18.1. The second kappa shape index (κ2) is 9.63. The summed E-state index contributed by atoms with van der Waals surface area (Å²) < 4.78 is 10.7. The van der Waals surface area contributed by atoms with Crippen molar-refractivity contribution in [3.8, 4) is 6.07 Å². The fourth-order valence-electron chi connectivity index (χ4n) is 2.95. The van der Waals surface area contributed by atoms with E-state index in [0.717, 1.165) is 16.7 Å². The summed E-state index contributed by atoms with van der Waals surface area (Å²) in [5.41, 5.74) is 2.22. The Morgan fingerprint density at radius 1 is 1.19 bits per heavy atom. The second-order valence-corrected chi connectivity index (χ2v) is 7.21. The van der Waals surface area contributed by atoms with Crippen LogP contribution in [0.3, 0.4) is 0 Å². The summed E-state index contributed by atoms with van der Waals surface area (Å²) in [4.78, 5) is 26.3. The van der Waals surface area contributed by atoms with Gasteiger partial charge >= 0.3 is 5.97 Å². The lowest BCUT2D eigenvalue weighted by atomic mass is 10.1. The Morgan fingerprint density at radius 2 is 1.90 bits per heavy atom. The number of para-hydroxylation sites is 1. The third-order valence-corrected chi connectivity index (χ3v) is 4.64. The standard InChI is InChI=1S/C24H23N3O4/c1-16(22-13-18-6-4-5-7-21(18)31-22)26-23(28)15-30-24(29)19(14-25)12-17-8-10-20(11-9-17)27(2)3/h4-13,16H,15H2,1-3H3,(H,26,28)/b19-12+/t16-/m1/s1. The van der Waals surface area contributed by atoms with Crippen LogP contribution < -0.4 is 10.2 Å². The SMILES string of the molecule is C[C@@H](NC(=O)COC(=O)/C(C#N)=C/c1ccc(N(C)C)cc1)c1cc2ccccc2o1. The highest BCUT2D eigenvalue weighted by molar-refractivity contribution is 5.98. The Kier molecular flexibility index (Phi) is 6.73. The van der Waals surface area contributed by atoms with Gasteiger partial charge in [0.1, 0.15) is 23.0 Å². The normalized spacial score (nSPS) is 12.1. The number of anilines is 1. The van der Waals surface area contributed by atoms with Crippen LogP contribution in [0.2, 0.25) is 0 Å². The van der Waals surface area contributed by atoms with Gasteiger partial charge in [0.25, 0.3) is 5.91 Å². The molecule has 158 valence electrons. The van der Waals surface area contributed by atoms with Crippen LogP contribution >= 0.6 is 0 Å². The van der Waals surface area contributed by atoms with E-state index < -0.39 is 24.5 Å². The van der Waals surface area contributed by atoms with Crippen molar-refractivity contribution in [2.45, 2.75) is 13.0 Å².